The van der Waals surface area contributed by atoms with Crippen molar-refractivity contribution in [3.05, 3.63) is 67.3 Å². The molecule has 0 N–H and O–H groups in total. The van der Waals surface area contributed by atoms with Gasteiger partial charge in [-0.05, 0) is 59.5 Å². The number of nitrogens with zero attached hydrogens (tertiary/aromatic N) is 2. The Morgan fingerprint density at radius 1 is 1.23 bits per heavy atom. The third kappa shape index (κ3) is 2.35. The Labute approximate surface area is 140 Å². The Morgan fingerprint density at radius 3 is 2.73 bits per heavy atom. The molecule has 3 rings (SSSR count). The average Bonchev–Trinajstić information content (AvgIpc) is 2.46. The molecule has 0 fully saturated rings. The Morgan fingerprint density at radius 2 is 2.00 bits per heavy atom. The summed E-state index contributed by atoms with van der Waals surface area (Å²) in [4.78, 5) is 28.4. The monoisotopic (exact) mass is 404 g/mol. The van der Waals surface area contributed by atoms with E-state index in [1.54, 1.807) is 18.5 Å². The van der Waals surface area contributed by atoms with E-state index in [2.05, 4.69) is 27.6 Å². The third-order valence-electron chi connectivity index (χ3n) is 3.61. The van der Waals surface area contributed by atoms with Crippen LogP contribution in [0.2, 0.25) is 0 Å². The van der Waals surface area contributed by atoms with Crippen LogP contribution >= 0.6 is 22.6 Å². The van der Waals surface area contributed by atoms with Crippen molar-refractivity contribution in [1.82, 2.24) is 9.55 Å². The lowest BCUT2D eigenvalue weighted by atomic mass is 10.0. The number of benzene rings is 1. The van der Waals surface area contributed by atoms with Crippen molar-refractivity contribution in [1.29, 1.82) is 0 Å². The second-order valence-electron chi connectivity index (χ2n) is 5.18. The van der Waals surface area contributed by atoms with Gasteiger partial charge in [-0.15, -0.1) is 0 Å². The molecule has 0 aliphatic carbocycles. The molecule has 0 unspecified atom stereocenters. The van der Waals surface area contributed by atoms with Crippen LogP contribution in [0.5, 0.6) is 0 Å². The number of carbonyl (C=O) groups is 1. The van der Waals surface area contributed by atoms with Crippen molar-refractivity contribution in [2.45, 2.75) is 13.8 Å². The second-order valence-corrected chi connectivity index (χ2v) is 6.35. The minimum absolute atomic E-state index is 0.160. The number of aldehydes is 1. The standard InChI is InChI=1S/C17H13IN2O2/c1-10-7-11(2)15-12(8-10)4-6-20(17(15)22)16-13(9-21)14(18)3-5-19-16/h3-9H,1-2H3. The number of fused-ring (bicyclic) bond motifs is 1. The van der Waals surface area contributed by atoms with E-state index in [4.69, 9.17) is 0 Å². The van der Waals surface area contributed by atoms with Gasteiger partial charge in [0, 0.05) is 16.0 Å². The van der Waals surface area contributed by atoms with E-state index in [-0.39, 0.29) is 5.56 Å². The van der Waals surface area contributed by atoms with Gasteiger partial charge in [-0.3, -0.25) is 14.2 Å². The van der Waals surface area contributed by atoms with E-state index in [0.717, 1.165) is 26.4 Å². The summed E-state index contributed by atoms with van der Waals surface area (Å²) in [6, 6.07) is 7.59. The maximum Gasteiger partial charge on any atom is 0.264 e. The summed E-state index contributed by atoms with van der Waals surface area (Å²) in [5, 5.41) is 1.56. The molecule has 0 bridgehead atoms. The molecule has 0 atom stereocenters. The van der Waals surface area contributed by atoms with Gasteiger partial charge in [0.05, 0.1) is 10.9 Å². The molecule has 4 nitrogen and oxygen atoms in total. The number of halogens is 1. The van der Waals surface area contributed by atoms with E-state index in [1.165, 1.54) is 4.57 Å². The van der Waals surface area contributed by atoms with Gasteiger partial charge in [-0.1, -0.05) is 17.7 Å². The zero-order valence-corrected chi connectivity index (χ0v) is 14.3. The van der Waals surface area contributed by atoms with Gasteiger partial charge in [0.15, 0.2) is 12.1 Å². The Bertz CT molecular complexity index is 961. The molecule has 3 aromatic rings. The number of aromatic nitrogens is 2. The van der Waals surface area contributed by atoms with Crippen LogP contribution in [0.25, 0.3) is 16.6 Å². The summed E-state index contributed by atoms with van der Waals surface area (Å²) < 4.78 is 2.21. The molecule has 0 aliphatic rings. The number of rotatable bonds is 2. The van der Waals surface area contributed by atoms with E-state index in [1.807, 2.05) is 32.0 Å². The van der Waals surface area contributed by atoms with Gasteiger partial charge in [0.1, 0.15) is 0 Å². The van der Waals surface area contributed by atoms with Gasteiger partial charge >= 0.3 is 0 Å². The van der Waals surface area contributed by atoms with Crippen LogP contribution in [-0.4, -0.2) is 15.8 Å². The van der Waals surface area contributed by atoms with Crippen LogP contribution in [0.1, 0.15) is 21.5 Å². The SMILES string of the molecule is Cc1cc(C)c2c(=O)n(-c3nccc(I)c3C=O)ccc2c1. The van der Waals surface area contributed by atoms with Gasteiger partial charge in [-0.25, -0.2) is 4.98 Å². The highest BCUT2D eigenvalue weighted by Crippen LogP contribution is 2.20. The first kappa shape index (κ1) is 14.9. The van der Waals surface area contributed by atoms with E-state index in [0.29, 0.717) is 16.8 Å². The summed E-state index contributed by atoms with van der Waals surface area (Å²) in [6.07, 6.45) is 4.01. The van der Waals surface area contributed by atoms with Crippen molar-refractivity contribution < 1.29 is 4.79 Å². The van der Waals surface area contributed by atoms with Crippen molar-refractivity contribution in [3.8, 4) is 5.82 Å². The van der Waals surface area contributed by atoms with Crippen LogP contribution in [-0.2, 0) is 0 Å². The topological polar surface area (TPSA) is 52.0 Å². The van der Waals surface area contributed by atoms with Crippen molar-refractivity contribution in [2.24, 2.45) is 0 Å². The van der Waals surface area contributed by atoms with E-state index >= 15 is 0 Å². The zero-order valence-electron chi connectivity index (χ0n) is 12.1. The first-order valence-corrected chi connectivity index (χ1v) is 7.83. The highest BCUT2D eigenvalue weighted by Gasteiger charge is 2.13. The molecule has 1 aromatic carbocycles. The molecular weight excluding hydrogens is 391 g/mol. The lowest BCUT2D eigenvalue weighted by Gasteiger charge is -2.11. The fourth-order valence-electron chi connectivity index (χ4n) is 2.67. The maximum absolute atomic E-state index is 12.8. The zero-order chi connectivity index (χ0) is 15.9. The van der Waals surface area contributed by atoms with E-state index in [9.17, 15) is 9.59 Å². The van der Waals surface area contributed by atoms with Crippen LogP contribution in [0, 0.1) is 17.4 Å². The first-order valence-electron chi connectivity index (χ1n) is 6.75. The molecule has 2 heterocycles. The fraction of sp³-hybridized carbons (Fsp3) is 0.118. The van der Waals surface area contributed by atoms with Crippen LogP contribution < -0.4 is 5.56 Å². The fourth-order valence-corrected chi connectivity index (χ4v) is 3.20. The first-order chi connectivity index (χ1) is 10.5. The highest BCUT2D eigenvalue weighted by molar-refractivity contribution is 14.1. The largest absolute Gasteiger partial charge is 0.298 e. The molecule has 0 saturated heterocycles. The number of hydrogen-bond donors (Lipinski definition) is 0. The minimum Gasteiger partial charge on any atom is -0.298 e. The smallest absolute Gasteiger partial charge is 0.264 e. The second kappa shape index (κ2) is 5.64. The lowest BCUT2D eigenvalue weighted by Crippen LogP contribution is -2.21. The van der Waals surface area contributed by atoms with Crippen molar-refractivity contribution in [3.63, 3.8) is 0 Å². The van der Waals surface area contributed by atoms with Gasteiger partial charge in [0.25, 0.3) is 5.56 Å². The summed E-state index contributed by atoms with van der Waals surface area (Å²) in [7, 11) is 0. The van der Waals surface area contributed by atoms with Crippen molar-refractivity contribution >= 4 is 39.6 Å². The molecule has 5 heteroatoms. The number of pyridine rings is 2. The normalized spacial score (nSPS) is 10.9. The maximum atomic E-state index is 12.8. The number of hydrogen-bond acceptors (Lipinski definition) is 3. The molecule has 0 amide bonds. The average molecular weight is 404 g/mol. The summed E-state index contributed by atoms with van der Waals surface area (Å²) in [5.41, 5.74) is 2.30. The molecule has 0 spiro atoms. The predicted molar refractivity (Wildman–Crippen MR) is 94.9 cm³/mol. The summed E-state index contributed by atoms with van der Waals surface area (Å²) in [5.74, 6) is 0.369. The Hall–Kier alpha value is -2.02. The van der Waals surface area contributed by atoms with Crippen LogP contribution in [0.15, 0.2) is 41.5 Å². The highest BCUT2D eigenvalue weighted by atomic mass is 127. The summed E-state index contributed by atoms with van der Waals surface area (Å²) >= 11 is 2.07. The minimum atomic E-state index is -0.160. The lowest BCUT2D eigenvalue weighted by molar-refractivity contribution is 0.112. The van der Waals surface area contributed by atoms with Gasteiger partial charge in [0.2, 0.25) is 0 Å². The van der Waals surface area contributed by atoms with Gasteiger partial charge in [-0.2, -0.15) is 0 Å². The predicted octanol–water partition coefficient (Wildman–Crippen LogP) is 3.42. The molecule has 2 aromatic heterocycles. The molecule has 22 heavy (non-hydrogen) atoms. The molecule has 0 saturated carbocycles. The van der Waals surface area contributed by atoms with Crippen LogP contribution in [0.3, 0.4) is 0 Å². The summed E-state index contributed by atoms with van der Waals surface area (Å²) in [6.45, 7) is 3.92. The molecule has 110 valence electrons. The number of carbonyl (C=O) groups excluding carboxylic acids is 1. The van der Waals surface area contributed by atoms with Gasteiger partial charge < -0.3 is 0 Å². The molecule has 0 aliphatic heterocycles. The Kier molecular flexibility index (Phi) is 3.82. The Balaban J connectivity index is 2.39. The third-order valence-corrected chi connectivity index (χ3v) is 4.55. The quantitative estimate of drug-likeness (QED) is 0.486. The molecular formula is C17H13IN2O2. The van der Waals surface area contributed by atoms with Crippen molar-refractivity contribution in [2.75, 3.05) is 0 Å². The van der Waals surface area contributed by atoms with E-state index < -0.39 is 0 Å². The molecule has 0 radical (unpaired) electrons. The van der Waals surface area contributed by atoms with Crippen LogP contribution in [0.4, 0.5) is 0 Å². The number of aryl methyl sites for hydroxylation is 2.